The van der Waals surface area contributed by atoms with E-state index in [1.807, 2.05) is 0 Å². The van der Waals surface area contributed by atoms with Crippen molar-refractivity contribution in [3.8, 4) is 0 Å². The molecule has 0 spiro atoms. The number of hydrogen-bond acceptors (Lipinski definition) is 3. The van der Waals surface area contributed by atoms with Gasteiger partial charge in [-0.05, 0) is 42.4 Å². The number of halogens is 1. The molecular formula is C19H18ClNO4. The number of fused-ring (bicyclic) bond motifs is 1. The Labute approximate surface area is 150 Å². The van der Waals surface area contributed by atoms with Gasteiger partial charge in [-0.15, -0.1) is 0 Å². The monoisotopic (exact) mass is 359 g/mol. The van der Waals surface area contributed by atoms with E-state index >= 15 is 0 Å². The highest BCUT2D eigenvalue weighted by molar-refractivity contribution is 6.30. The minimum atomic E-state index is -1.05. The Balaban J connectivity index is 1.74. The summed E-state index contributed by atoms with van der Waals surface area (Å²) >= 11 is 6.04. The van der Waals surface area contributed by atoms with Crippen molar-refractivity contribution in [2.24, 2.45) is 23.7 Å². The maximum Gasteiger partial charge on any atom is 0.305 e. The predicted octanol–water partition coefficient (Wildman–Crippen LogP) is 3.05. The number of rotatable bonds is 4. The van der Waals surface area contributed by atoms with Crippen LogP contribution in [0.2, 0.25) is 5.02 Å². The van der Waals surface area contributed by atoms with Crippen LogP contribution in [-0.2, 0) is 14.4 Å². The summed E-state index contributed by atoms with van der Waals surface area (Å²) in [4.78, 5) is 38.7. The zero-order chi connectivity index (χ0) is 17.7. The lowest BCUT2D eigenvalue weighted by molar-refractivity contribution is -0.146. The molecule has 5 unspecified atom stereocenters. The smallest absolute Gasteiger partial charge is 0.305 e. The first-order valence-electron chi connectivity index (χ1n) is 8.50. The Bertz CT molecular complexity index is 757. The third-order valence-electron chi connectivity index (χ3n) is 5.71. The van der Waals surface area contributed by atoms with Gasteiger partial charge in [0.2, 0.25) is 11.8 Å². The molecule has 5 nitrogen and oxygen atoms in total. The Hall–Kier alpha value is -2.14. The first kappa shape index (κ1) is 16.3. The topological polar surface area (TPSA) is 74.7 Å². The van der Waals surface area contributed by atoms with E-state index in [0.717, 1.165) is 12.8 Å². The molecule has 1 N–H and O–H groups in total. The van der Waals surface area contributed by atoms with Gasteiger partial charge in [-0.1, -0.05) is 35.9 Å². The number of allylic oxidation sites excluding steroid dienone is 2. The van der Waals surface area contributed by atoms with Crippen LogP contribution in [0.1, 0.15) is 30.9 Å². The molecule has 2 amide bonds. The number of nitrogens with zero attached hydrogens (tertiary/aromatic N) is 1. The number of benzene rings is 1. The lowest BCUT2D eigenvalue weighted by Crippen LogP contribution is -2.38. The first-order chi connectivity index (χ1) is 12.0. The van der Waals surface area contributed by atoms with E-state index in [1.165, 1.54) is 4.90 Å². The SMILES string of the molecule is O=C(O)CC(c1cccc(Cl)c1)N1C(=O)C2C3C=CC(CC3)C2C1=O. The summed E-state index contributed by atoms with van der Waals surface area (Å²) in [6.07, 6.45) is 5.61. The minimum Gasteiger partial charge on any atom is -0.481 e. The lowest BCUT2D eigenvalue weighted by Gasteiger charge is -2.38. The van der Waals surface area contributed by atoms with Crippen LogP contribution in [0, 0.1) is 23.7 Å². The van der Waals surface area contributed by atoms with Crippen LogP contribution in [0.3, 0.4) is 0 Å². The second-order valence-corrected chi connectivity index (χ2v) is 7.49. The number of carbonyl (C=O) groups is 3. The molecule has 1 saturated carbocycles. The fraction of sp³-hybridized carbons (Fsp3) is 0.421. The third-order valence-corrected chi connectivity index (χ3v) is 5.94. The molecule has 1 aromatic carbocycles. The van der Waals surface area contributed by atoms with Gasteiger partial charge in [0.15, 0.2) is 0 Å². The van der Waals surface area contributed by atoms with Crippen molar-refractivity contribution in [3.05, 3.63) is 47.0 Å². The van der Waals surface area contributed by atoms with Crippen molar-refractivity contribution in [1.82, 2.24) is 4.90 Å². The van der Waals surface area contributed by atoms with Crippen molar-refractivity contribution in [1.29, 1.82) is 0 Å². The summed E-state index contributed by atoms with van der Waals surface area (Å²) in [6, 6.07) is 5.91. The third kappa shape index (κ3) is 2.58. The highest BCUT2D eigenvalue weighted by atomic mass is 35.5. The average Bonchev–Trinajstić information content (AvgIpc) is 2.87. The summed E-state index contributed by atoms with van der Waals surface area (Å²) in [7, 11) is 0. The molecular weight excluding hydrogens is 342 g/mol. The number of imide groups is 1. The number of carbonyl (C=O) groups excluding carboxylic acids is 2. The summed E-state index contributed by atoms with van der Waals surface area (Å²) in [5.41, 5.74) is 0.579. The zero-order valence-electron chi connectivity index (χ0n) is 13.5. The number of aliphatic carboxylic acids is 1. The second kappa shape index (κ2) is 5.99. The highest BCUT2D eigenvalue weighted by Crippen LogP contribution is 2.51. The molecule has 5 rings (SSSR count). The normalized spacial score (nSPS) is 31.3. The van der Waals surface area contributed by atoms with E-state index in [4.69, 9.17) is 11.6 Å². The van der Waals surface area contributed by atoms with Crippen LogP contribution >= 0.6 is 11.6 Å². The molecule has 0 radical (unpaired) electrons. The summed E-state index contributed by atoms with van der Waals surface area (Å²) < 4.78 is 0. The number of likely N-dealkylation sites (tertiary alicyclic amines) is 1. The molecule has 1 saturated heterocycles. The fourth-order valence-electron chi connectivity index (χ4n) is 4.64. The maximum atomic E-state index is 13.1. The Morgan fingerprint density at radius 1 is 1.16 bits per heavy atom. The number of carboxylic acid groups (broad SMARTS) is 1. The number of carboxylic acids is 1. The fourth-order valence-corrected chi connectivity index (χ4v) is 4.84. The van der Waals surface area contributed by atoms with E-state index in [1.54, 1.807) is 24.3 Å². The Morgan fingerprint density at radius 2 is 1.76 bits per heavy atom. The van der Waals surface area contributed by atoms with Gasteiger partial charge in [0.05, 0.1) is 24.3 Å². The van der Waals surface area contributed by atoms with Gasteiger partial charge in [0, 0.05) is 5.02 Å². The van der Waals surface area contributed by atoms with Gasteiger partial charge in [-0.2, -0.15) is 0 Å². The van der Waals surface area contributed by atoms with Crippen LogP contribution in [-0.4, -0.2) is 27.8 Å². The van der Waals surface area contributed by atoms with Crippen LogP contribution in [0.4, 0.5) is 0 Å². The Morgan fingerprint density at radius 3 is 2.24 bits per heavy atom. The summed E-state index contributed by atoms with van der Waals surface area (Å²) in [6.45, 7) is 0. The number of hydrogen-bond donors (Lipinski definition) is 1. The lowest BCUT2D eigenvalue weighted by atomic mass is 9.63. The van der Waals surface area contributed by atoms with Crippen molar-refractivity contribution >= 4 is 29.4 Å². The minimum absolute atomic E-state index is 0.0845. The van der Waals surface area contributed by atoms with Crippen LogP contribution < -0.4 is 0 Å². The van der Waals surface area contributed by atoms with Gasteiger partial charge in [0.1, 0.15) is 0 Å². The number of amides is 2. The van der Waals surface area contributed by atoms with E-state index in [-0.39, 0.29) is 41.9 Å². The van der Waals surface area contributed by atoms with Gasteiger partial charge in [-0.3, -0.25) is 19.3 Å². The van der Waals surface area contributed by atoms with E-state index in [2.05, 4.69) is 12.2 Å². The summed E-state index contributed by atoms with van der Waals surface area (Å²) in [5.74, 6) is -2.04. The molecule has 0 aromatic heterocycles. The van der Waals surface area contributed by atoms with Crippen LogP contribution in [0.15, 0.2) is 36.4 Å². The quantitative estimate of drug-likeness (QED) is 0.662. The van der Waals surface area contributed by atoms with Crippen molar-refractivity contribution < 1.29 is 19.5 Å². The first-order valence-corrected chi connectivity index (χ1v) is 8.87. The molecule has 130 valence electrons. The van der Waals surface area contributed by atoms with Crippen molar-refractivity contribution in [2.75, 3.05) is 0 Å². The Kier molecular flexibility index (Phi) is 3.91. The van der Waals surface area contributed by atoms with Gasteiger partial charge in [-0.25, -0.2) is 0 Å². The zero-order valence-corrected chi connectivity index (χ0v) is 14.2. The van der Waals surface area contributed by atoms with Crippen molar-refractivity contribution in [3.63, 3.8) is 0 Å². The molecule has 1 heterocycles. The maximum absolute atomic E-state index is 13.1. The second-order valence-electron chi connectivity index (χ2n) is 7.06. The molecule has 25 heavy (non-hydrogen) atoms. The van der Waals surface area contributed by atoms with E-state index < -0.39 is 12.0 Å². The largest absolute Gasteiger partial charge is 0.481 e. The molecule has 1 aromatic rings. The molecule has 5 atom stereocenters. The van der Waals surface area contributed by atoms with Gasteiger partial charge < -0.3 is 5.11 Å². The summed E-state index contributed by atoms with van der Waals surface area (Å²) in [5, 5.41) is 9.78. The van der Waals surface area contributed by atoms with E-state index in [0.29, 0.717) is 10.6 Å². The molecule has 3 aliphatic carbocycles. The molecule has 6 heteroatoms. The van der Waals surface area contributed by atoms with E-state index in [9.17, 15) is 19.5 Å². The highest BCUT2D eigenvalue weighted by Gasteiger charge is 2.58. The van der Waals surface area contributed by atoms with Gasteiger partial charge in [0.25, 0.3) is 0 Å². The molecule has 2 bridgehead atoms. The molecule has 1 aliphatic heterocycles. The molecule has 2 fully saturated rings. The van der Waals surface area contributed by atoms with Gasteiger partial charge >= 0.3 is 5.97 Å². The standard InChI is InChI=1S/C19H18ClNO4/c20-13-3-1-2-12(8-13)14(9-15(22)23)21-18(24)16-10-4-5-11(7-6-10)17(16)19(21)25/h1-5,8,10-11,14,16-17H,6-7,9H2,(H,22,23). The van der Waals surface area contributed by atoms with Crippen LogP contribution in [0.25, 0.3) is 0 Å². The van der Waals surface area contributed by atoms with Crippen molar-refractivity contribution in [2.45, 2.75) is 25.3 Å². The molecule has 4 aliphatic rings. The predicted molar refractivity (Wildman–Crippen MR) is 90.6 cm³/mol. The van der Waals surface area contributed by atoms with Crippen LogP contribution in [0.5, 0.6) is 0 Å². The average molecular weight is 360 g/mol.